The van der Waals surface area contributed by atoms with E-state index in [1.54, 1.807) is 6.92 Å². The van der Waals surface area contributed by atoms with E-state index in [1.807, 2.05) is 31.2 Å². The lowest BCUT2D eigenvalue weighted by molar-refractivity contribution is 0.0600. The summed E-state index contributed by atoms with van der Waals surface area (Å²) in [5.41, 5.74) is 4.67. The maximum atomic E-state index is 12.3. The van der Waals surface area contributed by atoms with Crippen molar-refractivity contribution in [2.45, 2.75) is 34.1 Å². The number of aryl methyl sites for hydroxylation is 2. The van der Waals surface area contributed by atoms with Crippen molar-refractivity contribution in [1.82, 2.24) is 4.98 Å². The minimum atomic E-state index is -0.477. The Morgan fingerprint density at radius 1 is 1.21 bits per heavy atom. The highest BCUT2D eigenvalue weighted by atomic mass is 16.5. The first-order valence-electron chi connectivity index (χ1n) is 8.03. The number of aldehydes is 1. The number of rotatable bonds is 5. The second kappa shape index (κ2) is 7.39. The van der Waals surface area contributed by atoms with E-state index in [9.17, 15) is 9.59 Å². The molecule has 0 N–H and O–H groups in total. The predicted octanol–water partition coefficient (Wildman–Crippen LogP) is 4.16. The second-order valence-corrected chi connectivity index (χ2v) is 6.38. The van der Waals surface area contributed by atoms with Crippen LogP contribution < -0.4 is 0 Å². The molecule has 0 spiro atoms. The summed E-state index contributed by atoms with van der Waals surface area (Å²) in [4.78, 5) is 28.7. The van der Waals surface area contributed by atoms with E-state index in [1.165, 1.54) is 7.11 Å². The zero-order valence-corrected chi connectivity index (χ0v) is 14.8. The largest absolute Gasteiger partial charge is 0.465 e. The minimum absolute atomic E-state index is 0.352. The maximum Gasteiger partial charge on any atom is 0.340 e. The molecule has 0 amide bonds. The number of pyridine rings is 1. The highest BCUT2D eigenvalue weighted by Crippen LogP contribution is 2.32. The van der Waals surface area contributed by atoms with Crippen LogP contribution in [0.15, 0.2) is 24.3 Å². The fourth-order valence-electron chi connectivity index (χ4n) is 2.82. The van der Waals surface area contributed by atoms with Gasteiger partial charge in [-0.15, -0.1) is 0 Å². The summed E-state index contributed by atoms with van der Waals surface area (Å²) in [5.74, 6) is -0.125. The van der Waals surface area contributed by atoms with Crippen molar-refractivity contribution < 1.29 is 14.3 Å². The number of nitrogens with zero attached hydrogens (tertiary/aromatic N) is 1. The number of esters is 1. The van der Waals surface area contributed by atoms with Gasteiger partial charge in [0.05, 0.1) is 24.1 Å². The number of methoxy groups -OCH3 is 1. The molecule has 4 heteroatoms. The van der Waals surface area contributed by atoms with Crippen LogP contribution in [0.25, 0.3) is 11.1 Å². The van der Waals surface area contributed by atoms with Crippen molar-refractivity contribution in [2.75, 3.05) is 7.11 Å². The number of aromatic nitrogens is 1. The average Bonchev–Trinajstić information content (AvgIpc) is 2.54. The van der Waals surface area contributed by atoms with Gasteiger partial charge in [0.2, 0.25) is 0 Å². The molecule has 126 valence electrons. The van der Waals surface area contributed by atoms with E-state index in [2.05, 4.69) is 18.8 Å². The maximum absolute atomic E-state index is 12.3. The Balaban J connectivity index is 2.83. The van der Waals surface area contributed by atoms with Gasteiger partial charge in [0.15, 0.2) is 6.29 Å². The molecule has 0 saturated heterocycles. The summed E-state index contributed by atoms with van der Waals surface area (Å²) in [7, 11) is 1.34. The lowest BCUT2D eigenvalue weighted by Gasteiger charge is -2.17. The van der Waals surface area contributed by atoms with Gasteiger partial charge in [0.1, 0.15) is 0 Å². The fourth-order valence-corrected chi connectivity index (χ4v) is 2.82. The molecule has 0 unspecified atom stereocenters. The molecule has 0 aliphatic carbocycles. The Bertz CT molecular complexity index is 761. The summed E-state index contributed by atoms with van der Waals surface area (Å²) in [6.45, 7) is 7.92. The number of benzene rings is 1. The Morgan fingerprint density at radius 2 is 1.83 bits per heavy atom. The molecule has 0 fully saturated rings. The van der Waals surface area contributed by atoms with Crippen molar-refractivity contribution in [3.05, 3.63) is 52.3 Å². The van der Waals surface area contributed by atoms with Gasteiger partial charge in [-0.25, -0.2) is 4.79 Å². The normalized spacial score (nSPS) is 10.8. The Labute approximate surface area is 142 Å². The van der Waals surface area contributed by atoms with Crippen LogP contribution >= 0.6 is 0 Å². The van der Waals surface area contributed by atoms with Gasteiger partial charge in [-0.3, -0.25) is 9.78 Å². The Hall–Kier alpha value is -2.49. The van der Waals surface area contributed by atoms with Gasteiger partial charge in [-0.05, 0) is 31.7 Å². The van der Waals surface area contributed by atoms with E-state index < -0.39 is 5.97 Å². The molecule has 2 aromatic rings. The summed E-state index contributed by atoms with van der Waals surface area (Å²) < 4.78 is 4.93. The summed E-state index contributed by atoms with van der Waals surface area (Å²) in [6, 6.07) is 7.76. The molecule has 0 aliphatic heterocycles. The van der Waals surface area contributed by atoms with E-state index >= 15 is 0 Å². The zero-order chi connectivity index (χ0) is 17.9. The van der Waals surface area contributed by atoms with Crippen molar-refractivity contribution in [3.63, 3.8) is 0 Å². The minimum Gasteiger partial charge on any atom is -0.465 e. The van der Waals surface area contributed by atoms with Crippen LogP contribution in [0.5, 0.6) is 0 Å². The third-order valence-electron chi connectivity index (χ3n) is 3.94. The smallest absolute Gasteiger partial charge is 0.340 e. The molecule has 1 aromatic heterocycles. The molecular formula is C20H23NO3. The molecule has 24 heavy (non-hydrogen) atoms. The van der Waals surface area contributed by atoms with E-state index in [0.29, 0.717) is 34.7 Å². The Morgan fingerprint density at radius 3 is 2.33 bits per heavy atom. The van der Waals surface area contributed by atoms with E-state index in [4.69, 9.17) is 4.74 Å². The van der Waals surface area contributed by atoms with Crippen LogP contribution in [0.2, 0.25) is 0 Å². The van der Waals surface area contributed by atoms with Crippen molar-refractivity contribution >= 4 is 12.3 Å². The monoisotopic (exact) mass is 325 g/mol. The molecule has 1 heterocycles. The number of carbonyl (C=O) groups is 2. The summed E-state index contributed by atoms with van der Waals surface area (Å²) in [6.07, 6.45) is 1.47. The first kappa shape index (κ1) is 17.9. The first-order chi connectivity index (χ1) is 11.4. The standard InChI is InChI=1S/C20H23NO3/c1-12(2)10-17-16(11-22)19(15-8-6-13(3)7-9-15)18(14(4)21-17)20(23)24-5/h6-9,11-12H,10H2,1-5H3. The second-order valence-electron chi connectivity index (χ2n) is 6.38. The van der Waals surface area contributed by atoms with Gasteiger partial charge in [-0.2, -0.15) is 0 Å². The lowest BCUT2D eigenvalue weighted by atomic mass is 9.90. The Kier molecular flexibility index (Phi) is 5.50. The predicted molar refractivity (Wildman–Crippen MR) is 94.4 cm³/mol. The van der Waals surface area contributed by atoms with Gasteiger partial charge in [0.25, 0.3) is 0 Å². The summed E-state index contributed by atoms with van der Waals surface area (Å²) in [5, 5.41) is 0. The molecular weight excluding hydrogens is 302 g/mol. The van der Waals surface area contributed by atoms with Crippen molar-refractivity contribution in [1.29, 1.82) is 0 Å². The fraction of sp³-hybridized carbons (Fsp3) is 0.350. The molecule has 1 aromatic carbocycles. The van der Waals surface area contributed by atoms with E-state index in [-0.39, 0.29) is 0 Å². The number of carbonyl (C=O) groups excluding carboxylic acids is 2. The molecule has 0 saturated carbocycles. The van der Waals surface area contributed by atoms with Crippen LogP contribution in [0.1, 0.15) is 51.5 Å². The number of hydrogen-bond acceptors (Lipinski definition) is 4. The number of ether oxygens (including phenoxy) is 1. The van der Waals surface area contributed by atoms with Gasteiger partial charge in [-0.1, -0.05) is 43.7 Å². The average molecular weight is 325 g/mol. The van der Waals surface area contributed by atoms with E-state index in [0.717, 1.165) is 23.1 Å². The third-order valence-corrected chi connectivity index (χ3v) is 3.94. The third kappa shape index (κ3) is 3.53. The topological polar surface area (TPSA) is 56.3 Å². The van der Waals surface area contributed by atoms with Crippen LogP contribution in [-0.2, 0) is 11.2 Å². The van der Waals surface area contributed by atoms with Crippen LogP contribution in [0.3, 0.4) is 0 Å². The number of hydrogen-bond donors (Lipinski definition) is 0. The molecule has 4 nitrogen and oxygen atoms in total. The highest BCUT2D eigenvalue weighted by molar-refractivity contribution is 6.03. The lowest BCUT2D eigenvalue weighted by Crippen LogP contribution is -2.14. The summed E-state index contributed by atoms with van der Waals surface area (Å²) >= 11 is 0. The van der Waals surface area contributed by atoms with Crippen molar-refractivity contribution in [3.8, 4) is 11.1 Å². The first-order valence-corrected chi connectivity index (χ1v) is 8.03. The molecule has 0 atom stereocenters. The molecule has 0 aliphatic rings. The zero-order valence-electron chi connectivity index (χ0n) is 14.8. The van der Waals surface area contributed by atoms with Crippen LogP contribution in [0, 0.1) is 19.8 Å². The molecule has 0 bridgehead atoms. The van der Waals surface area contributed by atoms with Crippen molar-refractivity contribution in [2.24, 2.45) is 5.92 Å². The SMILES string of the molecule is COC(=O)c1c(C)nc(CC(C)C)c(C=O)c1-c1ccc(C)cc1. The quantitative estimate of drug-likeness (QED) is 0.612. The van der Waals surface area contributed by atoms with Gasteiger partial charge >= 0.3 is 5.97 Å². The van der Waals surface area contributed by atoms with Crippen LogP contribution in [0.4, 0.5) is 0 Å². The van der Waals surface area contributed by atoms with Gasteiger partial charge < -0.3 is 4.74 Å². The molecule has 2 rings (SSSR count). The highest BCUT2D eigenvalue weighted by Gasteiger charge is 2.24. The van der Waals surface area contributed by atoms with Gasteiger partial charge in [0, 0.05) is 11.1 Å². The molecule has 0 radical (unpaired) electrons. The van der Waals surface area contributed by atoms with Crippen LogP contribution in [-0.4, -0.2) is 24.3 Å².